The van der Waals surface area contributed by atoms with E-state index < -0.39 is 0 Å². The second-order valence-electron chi connectivity index (χ2n) is 1.76. The van der Waals surface area contributed by atoms with Gasteiger partial charge >= 0.3 is 0 Å². The van der Waals surface area contributed by atoms with Crippen molar-refractivity contribution in [1.29, 1.82) is 0 Å². The van der Waals surface area contributed by atoms with Crippen LogP contribution in [-0.4, -0.2) is 12.8 Å². The van der Waals surface area contributed by atoms with Crippen LogP contribution in [0.2, 0.25) is 0 Å². The van der Waals surface area contributed by atoms with Gasteiger partial charge in [0.2, 0.25) is 0 Å². The molecule has 0 unspecified atom stereocenters. The summed E-state index contributed by atoms with van der Waals surface area (Å²) in [5.74, 6) is 0. The fraction of sp³-hybridized carbons (Fsp3) is 0.286. The van der Waals surface area contributed by atoms with Gasteiger partial charge in [0.1, 0.15) is 7.11 Å². The highest BCUT2D eigenvalue weighted by Gasteiger charge is 1.93. The molecule has 0 aromatic heterocycles. The summed E-state index contributed by atoms with van der Waals surface area (Å²) >= 11 is 0. The van der Waals surface area contributed by atoms with Crippen LogP contribution in [0.4, 0.5) is 0 Å². The minimum Gasteiger partial charge on any atom is -0.399 e. The largest absolute Gasteiger partial charge is 0.399 e. The maximum atomic E-state index is 4.58. The summed E-state index contributed by atoms with van der Waals surface area (Å²) in [5.41, 5.74) is 0.972. The van der Waals surface area contributed by atoms with Gasteiger partial charge in [-0.2, -0.15) is 0 Å². The molecule has 0 aromatic rings. The highest BCUT2D eigenvalue weighted by atomic mass is 16.6. The van der Waals surface area contributed by atoms with Crippen LogP contribution in [0, 0.1) is 0 Å². The average molecular weight is 123 g/mol. The number of rotatable bonds is 1. The topological polar surface area (TPSA) is 21.6 Å². The Kier molecular flexibility index (Phi) is 2.07. The molecule has 0 saturated heterocycles. The van der Waals surface area contributed by atoms with Gasteiger partial charge in [0.15, 0.2) is 0 Å². The van der Waals surface area contributed by atoms with Crippen molar-refractivity contribution < 1.29 is 4.84 Å². The first-order chi connectivity index (χ1) is 4.43. The fourth-order valence-electron chi connectivity index (χ4n) is 0.687. The molecule has 9 heavy (non-hydrogen) atoms. The van der Waals surface area contributed by atoms with Crippen molar-refractivity contribution in [3.63, 3.8) is 0 Å². The van der Waals surface area contributed by atoms with Crippen molar-refractivity contribution in [3.05, 3.63) is 24.3 Å². The number of oxime groups is 1. The van der Waals surface area contributed by atoms with E-state index in [1.165, 1.54) is 0 Å². The van der Waals surface area contributed by atoms with Crippen LogP contribution in [0.25, 0.3) is 0 Å². The Balaban J connectivity index is 2.55. The Morgan fingerprint density at radius 1 is 1.56 bits per heavy atom. The molecule has 0 N–H and O–H groups in total. The summed E-state index contributed by atoms with van der Waals surface area (Å²) in [6.45, 7) is 0. The van der Waals surface area contributed by atoms with Gasteiger partial charge in [-0.05, 0) is 6.08 Å². The van der Waals surface area contributed by atoms with Crippen LogP contribution in [-0.2, 0) is 4.84 Å². The standard InChI is InChI=1S/C7H9NO/c1-9-8-7-5-3-2-4-6-7/h2-5H,6H2,1H3. The molecule has 48 valence electrons. The first-order valence-corrected chi connectivity index (χ1v) is 2.86. The molecule has 0 amide bonds. The monoisotopic (exact) mass is 123 g/mol. The zero-order valence-electron chi connectivity index (χ0n) is 5.37. The van der Waals surface area contributed by atoms with E-state index >= 15 is 0 Å². The lowest BCUT2D eigenvalue weighted by molar-refractivity contribution is 0.213. The Labute approximate surface area is 54.5 Å². The molecule has 2 heteroatoms. The van der Waals surface area contributed by atoms with Crippen molar-refractivity contribution in [3.8, 4) is 0 Å². The minimum absolute atomic E-state index is 0.879. The van der Waals surface area contributed by atoms with Gasteiger partial charge in [0.05, 0.1) is 5.71 Å². The predicted molar refractivity (Wildman–Crippen MR) is 37.3 cm³/mol. The van der Waals surface area contributed by atoms with Crippen LogP contribution in [0.15, 0.2) is 29.5 Å². The van der Waals surface area contributed by atoms with Gasteiger partial charge in [-0.1, -0.05) is 23.4 Å². The predicted octanol–water partition coefficient (Wildman–Crippen LogP) is 1.50. The van der Waals surface area contributed by atoms with Gasteiger partial charge in [-0.15, -0.1) is 0 Å². The van der Waals surface area contributed by atoms with Crippen molar-refractivity contribution in [2.24, 2.45) is 5.16 Å². The third kappa shape index (κ3) is 1.72. The molecular weight excluding hydrogens is 114 g/mol. The second kappa shape index (κ2) is 3.07. The van der Waals surface area contributed by atoms with E-state index in [0.717, 1.165) is 12.1 Å². The molecule has 1 aliphatic rings. The molecule has 0 radical (unpaired) electrons. The Morgan fingerprint density at radius 3 is 3.00 bits per heavy atom. The summed E-state index contributed by atoms with van der Waals surface area (Å²) in [6.07, 6.45) is 8.79. The number of hydrogen-bond donors (Lipinski definition) is 0. The Morgan fingerprint density at radius 2 is 2.44 bits per heavy atom. The fourth-order valence-corrected chi connectivity index (χ4v) is 0.687. The smallest absolute Gasteiger partial charge is 0.106 e. The van der Waals surface area contributed by atoms with Crippen molar-refractivity contribution in [1.82, 2.24) is 0 Å². The van der Waals surface area contributed by atoms with Gasteiger partial charge in [-0.3, -0.25) is 0 Å². The highest BCUT2D eigenvalue weighted by molar-refractivity contribution is 5.96. The normalized spacial score (nSPS) is 20.8. The molecule has 1 rings (SSSR count). The van der Waals surface area contributed by atoms with Crippen LogP contribution < -0.4 is 0 Å². The maximum Gasteiger partial charge on any atom is 0.106 e. The van der Waals surface area contributed by atoms with Crippen LogP contribution in [0.5, 0.6) is 0 Å². The van der Waals surface area contributed by atoms with E-state index in [4.69, 9.17) is 0 Å². The van der Waals surface area contributed by atoms with Crippen LogP contribution >= 0.6 is 0 Å². The summed E-state index contributed by atoms with van der Waals surface area (Å²) in [5, 5.41) is 3.76. The molecule has 0 bridgehead atoms. The van der Waals surface area contributed by atoms with E-state index in [0.29, 0.717) is 0 Å². The molecular formula is C7H9NO. The third-order valence-corrected chi connectivity index (χ3v) is 1.07. The first kappa shape index (κ1) is 6.08. The lowest BCUT2D eigenvalue weighted by Gasteiger charge is -1.97. The highest BCUT2D eigenvalue weighted by Crippen LogP contribution is 1.98. The Hall–Kier alpha value is -1.05. The molecule has 1 aliphatic carbocycles. The van der Waals surface area contributed by atoms with E-state index in [9.17, 15) is 0 Å². The minimum atomic E-state index is 0.879. The second-order valence-corrected chi connectivity index (χ2v) is 1.76. The van der Waals surface area contributed by atoms with Gasteiger partial charge in [0.25, 0.3) is 0 Å². The van der Waals surface area contributed by atoms with Crippen molar-refractivity contribution in [2.75, 3.05) is 7.11 Å². The van der Waals surface area contributed by atoms with Gasteiger partial charge in [0, 0.05) is 6.42 Å². The quantitative estimate of drug-likeness (QED) is 0.484. The van der Waals surface area contributed by atoms with E-state index in [2.05, 4.69) is 9.99 Å². The number of allylic oxidation sites excluding steroid dienone is 4. The van der Waals surface area contributed by atoms with E-state index in [1.54, 1.807) is 7.11 Å². The summed E-state index contributed by atoms with van der Waals surface area (Å²) in [7, 11) is 1.55. The number of nitrogens with zero attached hydrogens (tertiary/aromatic N) is 1. The molecule has 0 aliphatic heterocycles. The van der Waals surface area contributed by atoms with Crippen molar-refractivity contribution >= 4 is 5.71 Å². The van der Waals surface area contributed by atoms with Crippen LogP contribution in [0.1, 0.15) is 6.42 Å². The lowest BCUT2D eigenvalue weighted by Crippen LogP contribution is -1.94. The van der Waals surface area contributed by atoms with Crippen LogP contribution in [0.3, 0.4) is 0 Å². The van der Waals surface area contributed by atoms with E-state index in [1.807, 2.05) is 24.3 Å². The maximum absolute atomic E-state index is 4.58. The lowest BCUT2D eigenvalue weighted by atomic mass is 10.2. The average Bonchev–Trinajstić information content (AvgIpc) is 1.91. The summed E-state index contributed by atoms with van der Waals surface area (Å²) in [4.78, 5) is 4.58. The molecule has 2 nitrogen and oxygen atoms in total. The molecule has 0 fully saturated rings. The van der Waals surface area contributed by atoms with Crippen molar-refractivity contribution in [2.45, 2.75) is 6.42 Å². The zero-order valence-corrected chi connectivity index (χ0v) is 5.37. The third-order valence-electron chi connectivity index (χ3n) is 1.07. The van der Waals surface area contributed by atoms with E-state index in [-0.39, 0.29) is 0 Å². The van der Waals surface area contributed by atoms with Gasteiger partial charge < -0.3 is 4.84 Å². The molecule has 0 aromatic carbocycles. The Bertz CT molecular complexity index is 168. The zero-order chi connectivity index (χ0) is 6.53. The summed E-state index contributed by atoms with van der Waals surface area (Å²) < 4.78 is 0. The first-order valence-electron chi connectivity index (χ1n) is 2.86. The molecule has 0 atom stereocenters. The SMILES string of the molecule is CON=C1C=CC=CC1. The molecule has 0 saturated carbocycles. The summed E-state index contributed by atoms with van der Waals surface area (Å²) in [6, 6.07) is 0. The molecule has 0 spiro atoms. The molecule has 0 heterocycles. The number of hydrogen-bond acceptors (Lipinski definition) is 2. The van der Waals surface area contributed by atoms with Gasteiger partial charge in [-0.25, -0.2) is 0 Å².